The van der Waals surface area contributed by atoms with Crippen molar-refractivity contribution in [1.29, 1.82) is 0 Å². The minimum absolute atomic E-state index is 0.172. The van der Waals surface area contributed by atoms with Gasteiger partial charge in [-0.1, -0.05) is 13.8 Å². The molecule has 4 nitrogen and oxygen atoms in total. The van der Waals surface area contributed by atoms with Gasteiger partial charge in [-0.05, 0) is 32.7 Å². The van der Waals surface area contributed by atoms with E-state index in [0.29, 0.717) is 12.1 Å². The molecular formula is C14H30N2O2. The van der Waals surface area contributed by atoms with E-state index in [1.807, 2.05) is 0 Å². The van der Waals surface area contributed by atoms with Crippen molar-refractivity contribution < 1.29 is 9.84 Å². The lowest BCUT2D eigenvalue weighted by atomic mass is 9.96. The predicted octanol–water partition coefficient (Wildman–Crippen LogP) is 1.24. The summed E-state index contributed by atoms with van der Waals surface area (Å²) >= 11 is 0. The molecule has 0 saturated carbocycles. The molecule has 1 heterocycles. The molecule has 108 valence electrons. The van der Waals surface area contributed by atoms with E-state index in [1.165, 1.54) is 12.8 Å². The number of ether oxygens (including phenoxy) is 1. The molecule has 0 bridgehead atoms. The summed E-state index contributed by atoms with van der Waals surface area (Å²) in [7, 11) is 1.80. The fourth-order valence-corrected chi connectivity index (χ4v) is 2.71. The first-order valence-corrected chi connectivity index (χ1v) is 7.13. The van der Waals surface area contributed by atoms with E-state index in [9.17, 15) is 5.11 Å². The molecule has 1 aliphatic rings. The first kappa shape index (κ1) is 15.9. The van der Waals surface area contributed by atoms with Crippen molar-refractivity contribution in [3.63, 3.8) is 0 Å². The minimum atomic E-state index is -0.172. The van der Waals surface area contributed by atoms with Crippen molar-refractivity contribution in [2.75, 3.05) is 33.4 Å². The normalized spacial score (nSPS) is 25.3. The van der Waals surface area contributed by atoms with Crippen LogP contribution in [-0.4, -0.2) is 61.0 Å². The fourth-order valence-electron chi connectivity index (χ4n) is 2.71. The van der Waals surface area contributed by atoms with Gasteiger partial charge in [0.05, 0.1) is 12.7 Å². The number of aliphatic hydroxyl groups excluding tert-OH is 1. The Balaban J connectivity index is 2.37. The molecule has 1 rings (SSSR count). The Morgan fingerprint density at radius 2 is 2.22 bits per heavy atom. The molecule has 0 aromatic heterocycles. The maximum Gasteiger partial charge on any atom is 0.0698 e. The highest BCUT2D eigenvalue weighted by molar-refractivity contribution is 4.86. The van der Waals surface area contributed by atoms with Gasteiger partial charge in [-0.2, -0.15) is 0 Å². The van der Waals surface area contributed by atoms with Crippen molar-refractivity contribution >= 4 is 0 Å². The summed E-state index contributed by atoms with van der Waals surface area (Å²) in [4.78, 5) is 2.45. The number of hydrogen-bond donors (Lipinski definition) is 2. The van der Waals surface area contributed by atoms with Gasteiger partial charge in [0.1, 0.15) is 0 Å². The molecule has 0 spiro atoms. The molecule has 1 aliphatic heterocycles. The molecule has 0 aliphatic carbocycles. The Morgan fingerprint density at radius 1 is 1.50 bits per heavy atom. The molecular weight excluding hydrogens is 228 g/mol. The van der Waals surface area contributed by atoms with Gasteiger partial charge >= 0.3 is 0 Å². The van der Waals surface area contributed by atoms with E-state index in [0.717, 1.165) is 26.1 Å². The Bertz CT molecular complexity index is 236. The van der Waals surface area contributed by atoms with Crippen molar-refractivity contribution in [1.82, 2.24) is 10.2 Å². The third kappa shape index (κ3) is 5.22. The highest BCUT2D eigenvalue weighted by Gasteiger charge is 2.26. The Labute approximate surface area is 112 Å². The summed E-state index contributed by atoms with van der Waals surface area (Å²) in [5, 5.41) is 13.0. The minimum Gasteiger partial charge on any atom is -0.394 e. The summed E-state index contributed by atoms with van der Waals surface area (Å²) in [5.41, 5.74) is -0.172. The topological polar surface area (TPSA) is 44.7 Å². The Hall–Kier alpha value is -0.160. The molecule has 0 amide bonds. The van der Waals surface area contributed by atoms with Gasteiger partial charge in [0.15, 0.2) is 0 Å². The second kappa shape index (κ2) is 7.43. The molecule has 0 radical (unpaired) electrons. The van der Waals surface area contributed by atoms with Gasteiger partial charge < -0.3 is 20.1 Å². The molecule has 2 N–H and O–H groups in total. The summed E-state index contributed by atoms with van der Waals surface area (Å²) in [6.45, 7) is 9.74. The highest BCUT2D eigenvalue weighted by atomic mass is 16.5. The van der Waals surface area contributed by atoms with Gasteiger partial charge in [0, 0.05) is 31.8 Å². The molecule has 0 aromatic rings. The second-order valence-electron chi connectivity index (χ2n) is 6.07. The lowest BCUT2D eigenvalue weighted by Gasteiger charge is -2.36. The molecule has 1 fully saturated rings. The third-order valence-corrected chi connectivity index (χ3v) is 3.76. The number of hydrogen-bond acceptors (Lipinski definition) is 4. The van der Waals surface area contributed by atoms with Crippen LogP contribution >= 0.6 is 0 Å². The third-order valence-electron chi connectivity index (χ3n) is 3.76. The van der Waals surface area contributed by atoms with Gasteiger partial charge in [-0.25, -0.2) is 0 Å². The van der Waals surface area contributed by atoms with E-state index < -0.39 is 0 Å². The predicted molar refractivity (Wildman–Crippen MR) is 74.9 cm³/mol. The molecule has 1 saturated heterocycles. The summed E-state index contributed by atoms with van der Waals surface area (Å²) < 4.78 is 5.44. The number of rotatable bonds is 7. The maximum atomic E-state index is 9.56. The highest BCUT2D eigenvalue weighted by Crippen LogP contribution is 2.16. The van der Waals surface area contributed by atoms with Gasteiger partial charge in [-0.3, -0.25) is 0 Å². The molecule has 18 heavy (non-hydrogen) atoms. The number of nitrogens with one attached hydrogen (secondary N) is 1. The summed E-state index contributed by atoms with van der Waals surface area (Å²) in [5.74, 6) is 0. The van der Waals surface area contributed by atoms with Crippen LogP contribution in [0.25, 0.3) is 0 Å². The average Bonchev–Trinajstić information content (AvgIpc) is 2.36. The fraction of sp³-hybridized carbons (Fsp3) is 1.00. The van der Waals surface area contributed by atoms with Crippen LogP contribution in [0, 0.1) is 0 Å². The molecule has 2 unspecified atom stereocenters. The molecule has 4 heteroatoms. The number of piperidine rings is 1. The quantitative estimate of drug-likeness (QED) is 0.721. The van der Waals surface area contributed by atoms with Crippen molar-refractivity contribution in [2.45, 2.75) is 57.7 Å². The number of aliphatic hydroxyl groups is 1. The van der Waals surface area contributed by atoms with Crippen LogP contribution in [0.5, 0.6) is 0 Å². The van der Waals surface area contributed by atoms with E-state index in [4.69, 9.17) is 4.74 Å². The number of nitrogens with zero attached hydrogens (tertiary/aromatic N) is 1. The van der Waals surface area contributed by atoms with Crippen LogP contribution in [0.2, 0.25) is 0 Å². The van der Waals surface area contributed by atoms with Gasteiger partial charge in [0.2, 0.25) is 0 Å². The summed E-state index contributed by atoms with van der Waals surface area (Å²) in [6.07, 6.45) is 3.75. The van der Waals surface area contributed by atoms with E-state index in [2.05, 4.69) is 31.0 Å². The van der Waals surface area contributed by atoms with E-state index in [-0.39, 0.29) is 12.1 Å². The Kier molecular flexibility index (Phi) is 6.57. The Morgan fingerprint density at radius 3 is 2.78 bits per heavy atom. The number of methoxy groups -OCH3 is 1. The van der Waals surface area contributed by atoms with Crippen LogP contribution in [0.3, 0.4) is 0 Å². The lowest BCUT2D eigenvalue weighted by molar-refractivity contribution is 0.0260. The van der Waals surface area contributed by atoms with Crippen LogP contribution in [0.15, 0.2) is 0 Å². The van der Waals surface area contributed by atoms with Crippen LogP contribution in [0.1, 0.15) is 40.0 Å². The zero-order valence-corrected chi connectivity index (χ0v) is 12.4. The first-order chi connectivity index (χ1) is 8.49. The SMILES string of the molecule is COC1CCCN(CCC(C)(CO)NC(C)C)C1. The summed E-state index contributed by atoms with van der Waals surface area (Å²) in [6, 6.07) is 0.398. The number of likely N-dealkylation sites (tertiary alicyclic amines) is 1. The van der Waals surface area contributed by atoms with Crippen LogP contribution < -0.4 is 5.32 Å². The van der Waals surface area contributed by atoms with Crippen LogP contribution in [0.4, 0.5) is 0 Å². The largest absolute Gasteiger partial charge is 0.394 e. The zero-order chi connectivity index (χ0) is 13.6. The van der Waals surface area contributed by atoms with Crippen molar-refractivity contribution in [3.8, 4) is 0 Å². The lowest BCUT2D eigenvalue weighted by Crippen LogP contribution is -2.51. The van der Waals surface area contributed by atoms with Gasteiger partial charge in [0.25, 0.3) is 0 Å². The monoisotopic (exact) mass is 258 g/mol. The standard InChI is InChI=1S/C14H30N2O2/c1-12(2)15-14(3,11-17)7-9-16-8-5-6-13(10-16)18-4/h12-13,15,17H,5-11H2,1-4H3. The van der Waals surface area contributed by atoms with Crippen molar-refractivity contribution in [2.24, 2.45) is 0 Å². The smallest absolute Gasteiger partial charge is 0.0698 e. The van der Waals surface area contributed by atoms with Crippen molar-refractivity contribution in [3.05, 3.63) is 0 Å². The van der Waals surface area contributed by atoms with E-state index >= 15 is 0 Å². The van der Waals surface area contributed by atoms with E-state index in [1.54, 1.807) is 7.11 Å². The maximum absolute atomic E-state index is 9.56. The van der Waals surface area contributed by atoms with Gasteiger partial charge in [-0.15, -0.1) is 0 Å². The molecule has 0 aromatic carbocycles. The first-order valence-electron chi connectivity index (χ1n) is 7.13. The van der Waals surface area contributed by atoms with Crippen LogP contribution in [-0.2, 0) is 4.74 Å². The molecule has 2 atom stereocenters. The second-order valence-corrected chi connectivity index (χ2v) is 6.07. The zero-order valence-electron chi connectivity index (χ0n) is 12.4. The average molecular weight is 258 g/mol.